The number of halogens is 1. The minimum absolute atomic E-state index is 0. The molecular weight excluding hydrogens is 620 g/mol. The van der Waals surface area contributed by atoms with Crippen molar-refractivity contribution in [2.45, 2.75) is 39.2 Å². The molecule has 0 aromatic carbocycles. The number of carbonyl (C=O) groups excluding carboxylic acids is 1. The van der Waals surface area contributed by atoms with Gasteiger partial charge in [-0.05, 0) is 69.5 Å². The molecule has 0 radical (unpaired) electrons. The quantitative estimate of drug-likeness (QED) is 0.221. The second kappa shape index (κ2) is 14.4. The molecule has 4 aromatic rings. The third-order valence-electron chi connectivity index (χ3n) is 9.39. The van der Waals surface area contributed by atoms with Gasteiger partial charge < -0.3 is 14.5 Å². The number of hydrogen-bond acceptors (Lipinski definition) is 9. The van der Waals surface area contributed by atoms with Crippen LogP contribution in [0.25, 0.3) is 16.6 Å². The Balaban J connectivity index is 0.00000417. The van der Waals surface area contributed by atoms with Crippen molar-refractivity contribution in [3.63, 3.8) is 0 Å². The summed E-state index contributed by atoms with van der Waals surface area (Å²) in [6.45, 7) is 10.2. The zero-order chi connectivity index (χ0) is 31.6. The third kappa shape index (κ3) is 7.00. The number of piperidine rings is 1. The Labute approximate surface area is 282 Å². The molecule has 242 valence electrons. The Hall–Kier alpha value is -3.69. The number of aromatic nitrogens is 4. The van der Waals surface area contributed by atoms with E-state index in [0.717, 1.165) is 74.6 Å². The van der Waals surface area contributed by atoms with Crippen LogP contribution >= 0.6 is 25.1 Å². The van der Waals surface area contributed by atoms with Gasteiger partial charge >= 0.3 is 0 Å². The molecule has 0 N–H and O–H groups in total. The largest absolute Gasteiger partial charge is 0.492 e. The first-order valence-electron chi connectivity index (χ1n) is 15.6. The molecule has 2 saturated heterocycles. The number of nitrogens with zero attached hydrogens (tertiary/aromatic N) is 8. The van der Waals surface area contributed by atoms with E-state index in [0.29, 0.717) is 41.1 Å². The average molecular weight is 661 g/mol. The Kier molecular flexibility index (Phi) is 10.5. The molecule has 6 heterocycles. The minimum Gasteiger partial charge on any atom is -0.492 e. The average Bonchev–Trinajstić information content (AvgIpc) is 3.46. The van der Waals surface area contributed by atoms with Gasteiger partial charge in [-0.15, -0.1) is 0 Å². The predicted molar refractivity (Wildman–Crippen MR) is 185 cm³/mol. The lowest BCUT2D eigenvalue weighted by Crippen LogP contribution is -2.55. The molecule has 0 saturated carbocycles. The Morgan fingerprint density at radius 1 is 1.15 bits per heavy atom. The summed E-state index contributed by atoms with van der Waals surface area (Å²) in [4.78, 5) is 30.0. The number of hydrogen-bond donors (Lipinski definition) is 0. The van der Waals surface area contributed by atoms with Crippen LogP contribution in [-0.4, -0.2) is 94.1 Å². The molecule has 0 aliphatic carbocycles. The highest BCUT2D eigenvalue weighted by Gasteiger charge is 2.40. The van der Waals surface area contributed by atoms with Crippen LogP contribution in [-0.2, 0) is 0 Å². The summed E-state index contributed by atoms with van der Waals surface area (Å²) in [6, 6.07) is 12.2. The van der Waals surface area contributed by atoms with Crippen molar-refractivity contribution < 1.29 is 9.53 Å². The molecule has 0 spiro atoms. The molecule has 2 aliphatic rings. The standard InChI is InChI=1S/C34H39ClN8O2.H2S/c1-4-45-27-16-28(33-26(18-36)20-39-43(33)22-27)25-7-8-31(38-19-25)42-12-9-34(10-13-42,23-41-15-14-40(3)24(2)21-41)17-30(44)32-29(35)6-5-11-37-32;/h5-8,11,16,19-20,22,24H,4,9-10,12-15,17,21,23H2,1-3H3;1H2/t24-;/m0./s1. The van der Waals surface area contributed by atoms with Gasteiger partial charge in [0, 0.05) is 75.3 Å². The Morgan fingerprint density at radius 2 is 1.96 bits per heavy atom. The summed E-state index contributed by atoms with van der Waals surface area (Å²) in [6.07, 6.45) is 9.01. The molecular formula is C34H41ClN8O2S. The zero-order valence-corrected chi connectivity index (χ0v) is 28.4. The second-order valence-electron chi connectivity index (χ2n) is 12.4. The number of ether oxygens (including phenoxy) is 1. The summed E-state index contributed by atoms with van der Waals surface area (Å²) in [5, 5.41) is 14.5. The van der Waals surface area contributed by atoms with E-state index in [2.05, 4.69) is 44.8 Å². The molecule has 0 unspecified atom stereocenters. The summed E-state index contributed by atoms with van der Waals surface area (Å²) in [5.74, 6) is 1.59. The van der Waals surface area contributed by atoms with Gasteiger partial charge in [0.1, 0.15) is 23.3 Å². The number of pyridine rings is 3. The number of fused-ring (bicyclic) bond motifs is 1. The van der Waals surface area contributed by atoms with Crippen LogP contribution in [0.5, 0.6) is 5.75 Å². The van der Waals surface area contributed by atoms with E-state index in [4.69, 9.17) is 21.3 Å². The minimum atomic E-state index is -0.176. The molecule has 1 atom stereocenters. The van der Waals surface area contributed by atoms with Gasteiger partial charge in [-0.3, -0.25) is 14.7 Å². The highest BCUT2D eigenvalue weighted by atomic mass is 35.5. The fourth-order valence-electron chi connectivity index (χ4n) is 6.73. The lowest BCUT2D eigenvalue weighted by molar-refractivity contribution is 0.0459. The van der Waals surface area contributed by atoms with Gasteiger partial charge in [-0.25, -0.2) is 9.50 Å². The number of carbonyl (C=O) groups is 1. The fourth-order valence-corrected chi connectivity index (χ4v) is 6.96. The third-order valence-corrected chi connectivity index (χ3v) is 9.69. The highest BCUT2D eigenvalue weighted by Crippen LogP contribution is 2.39. The van der Waals surface area contributed by atoms with Crippen LogP contribution in [0.4, 0.5) is 5.82 Å². The van der Waals surface area contributed by atoms with Crippen LogP contribution in [0.15, 0.2) is 55.1 Å². The van der Waals surface area contributed by atoms with E-state index in [1.54, 1.807) is 35.2 Å². The molecule has 4 aromatic heterocycles. The maximum absolute atomic E-state index is 13.6. The van der Waals surface area contributed by atoms with Gasteiger partial charge in [-0.1, -0.05) is 11.6 Å². The maximum Gasteiger partial charge on any atom is 0.183 e. The first-order valence-corrected chi connectivity index (χ1v) is 16.0. The van der Waals surface area contributed by atoms with Crippen LogP contribution in [0, 0.1) is 16.7 Å². The SMILES string of the molecule is CCOc1cc(-c2ccc(N3CCC(CC(=O)c4ncccc4Cl)(CN4CCN(C)[C@@H](C)C4)CC3)nc2)c2c(C#N)cnn2c1.S. The number of nitriles is 1. The van der Waals surface area contributed by atoms with Gasteiger partial charge in [0.2, 0.25) is 0 Å². The van der Waals surface area contributed by atoms with Crippen LogP contribution < -0.4 is 9.64 Å². The van der Waals surface area contributed by atoms with Crippen LogP contribution in [0.1, 0.15) is 49.2 Å². The topological polar surface area (TPSA) is 103 Å². The number of anilines is 1. The van der Waals surface area contributed by atoms with Crippen molar-refractivity contribution in [1.82, 2.24) is 29.4 Å². The Morgan fingerprint density at radius 3 is 2.63 bits per heavy atom. The van der Waals surface area contributed by atoms with Gasteiger partial charge in [0.25, 0.3) is 0 Å². The van der Waals surface area contributed by atoms with Crippen molar-refractivity contribution >= 4 is 42.2 Å². The summed E-state index contributed by atoms with van der Waals surface area (Å²) in [7, 11) is 2.18. The molecule has 0 amide bonds. The van der Waals surface area contributed by atoms with Gasteiger partial charge in [-0.2, -0.15) is 23.9 Å². The Bertz CT molecular complexity index is 1710. The monoisotopic (exact) mass is 660 g/mol. The lowest BCUT2D eigenvalue weighted by atomic mass is 9.73. The highest BCUT2D eigenvalue weighted by molar-refractivity contribution is 7.59. The second-order valence-corrected chi connectivity index (χ2v) is 12.8. The number of rotatable bonds is 9. The number of likely N-dealkylation sites (N-methyl/N-ethyl adjacent to an activating group) is 1. The molecule has 46 heavy (non-hydrogen) atoms. The summed E-state index contributed by atoms with van der Waals surface area (Å²) < 4.78 is 7.46. The number of Topliss-reactive ketones (excluding diaryl/α,β-unsaturated/α-hetero) is 1. The maximum atomic E-state index is 13.6. The van der Waals surface area contributed by atoms with Crippen LogP contribution in [0.3, 0.4) is 0 Å². The van der Waals surface area contributed by atoms with E-state index in [-0.39, 0.29) is 24.7 Å². The van der Waals surface area contributed by atoms with Crippen LogP contribution in [0.2, 0.25) is 5.02 Å². The lowest BCUT2D eigenvalue weighted by Gasteiger charge is -2.47. The molecule has 2 fully saturated rings. The molecule has 2 aliphatic heterocycles. The predicted octanol–water partition coefficient (Wildman–Crippen LogP) is 5.32. The van der Waals surface area contributed by atoms with E-state index in [9.17, 15) is 10.1 Å². The van der Waals surface area contributed by atoms with E-state index in [1.807, 2.05) is 31.3 Å². The summed E-state index contributed by atoms with van der Waals surface area (Å²) in [5.41, 5.74) is 3.15. The molecule has 10 nitrogen and oxygen atoms in total. The smallest absolute Gasteiger partial charge is 0.183 e. The van der Waals surface area contributed by atoms with E-state index >= 15 is 0 Å². The van der Waals surface area contributed by atoms with Gasteiger partial charge in [0.05, 0.1) is 35.1 Å². The van der Waals surface area contributed by atoms with Crippen molar-refractivity contribution in [3.05, 3.63) is 71.4 Å². The molecule has 0 bridgehead atoms. The van der Waals surface area contributed by atoms with E-state index in [1.165, 1.54) is 0 Å². The van der Waals surface area contributed by atoms with Crippen molar-refractivity contribution in [3.8, 4) is 22.9 Å². The van der Waals surface area contributed by atoms with E-state index < -0.39 is 0 Å². The zero-order valence-electron chi connectivity index (χ0n) is 26.6. The molecule has 12 heteroatoms. The summed E-state index contributed by atoms with van der Waals surface area (Å²) >= 11 is 6.39. The van der Waals surface area contributed by atoms with Crippen molar-refractivity contribution in [2.75, 3.05) is 57.8 Å². The first-order chi connectivity index (χ1) is 21.8. The van der Waals surface area contributed by atoms with Gasteiger partial charge in [0.15, 0.2) is 5.78 Å². The molecule has 6 rings (SSSR count). The van der Waals surface area contributed by atoms with Crippen molar-refractivity contribution in [2.24, 2.45) is 5.41 Å². The normalized spacial score (nSPS) is 18.6. The van der Waals surface area contributed by atoms with Crippen molar-refractivity contribution in [1.29, 1.82) is 5.26 Å². The first kappa shape index (κ1) is 33.7. The number of piperazine rings is 1. The number of ketones is 1. The fraction of sp³-hybridized carbons (Fsp3) is 0.441.